The van der Waals surface area contributed by atoms with Gasteiger partial charge in [0.15, 0.2) is 0 Å². The molecule has 4 heteroatoms. The summed E-state index contributed by atoms with van der Waals surface area (Å²) in [5, 5.41) is 10.0. The van der Waals surface area contributed by atoms with Crippen LogP contribution in [0.1, 0.15) is 11.7 Å². The average Bonchev–Trinajstić information content (AvgIpc) is 2.03. The standard InChI is InChI=1S/C9H7Cl3O/c10-7-4-2-1-3-6(7)8(13)5-9(11)12/h1-5,8,13H. The second kappa shape index (κ2) is 4.87. The highest BCUT2D eigenvalue weighted by Crippen LogP contribution is 2.25. The highest BCUT2D eigenvalue weighted by atomic mass is 35.5. The minimum Gasteiger partial charge on any atom is -0.384 e. The third kappa shape index (κ3) is 3.20. The molecule has 13 heavy (non-hydrogen) atoms. The highest BCUT2D eigenvalue weighted by Gasteiger charge is 2.07. The Kier molecular flexibility index (Phi) is 4.07. The van der Waals surface area contributed by atoms with E-state index in [4.69, 9.17) is 34.8 Å². The summed E-state index contributed by atoms with van der Waals surface area (Å²) in [5.41, 5.74) is 0.586. The zero-order valence-corrected chi connectivity index (χ0v) is 8.81. The van der Waals surface area contributed by atoms with Crippen LogP contribution >= 0.6 is 34.8 Å². The monoisotopic (exact) mass is 236 g/mol. The van der Waals surface area contributed by atoms with Crippen LogP contribution in [0, 0.1) is 0 Å². The second-order valence-corrected chi connectivity index (χ2v) is 3.84. The van der Waals surface area contributed by atoms with Crippen LogP contribution in [-0.2, 0) is 0 Å². The summed E-state index contributed by atoms with van der Waals surface area (Å²) in [6.07, 6.45) is 0.448. The van der Waals surface area contributed by atoms with E-state index in [1.165, 1.54) is 6.08 Å². The molecule has 0 fully saturated rings. The van der Waals surface area contributed by atoms with Crippen LogP contribution < -0.4 is 0 Å². The molecule has 0 radical (unpaired) electrons. The normalized spacial score (nSPS) is 12.3. The van der Waals surface area contributed by atoms with Crippen molar-refractivity contribution in [3.8, 4) is 0 Å². The number of hydrogen-bond acceptors (Lipinski definition) is 1. The molecule has 0 saturated carbocycles. The largest absolute Gasteiger partial charge is 0.384 e. The first-order valence-corrected chi connectivity index (χ1v) is 4.70. The van der Waals surface area contributed by atoms with Gasteiger partial charge in [-0.1, -0.05) is 53.0 Å². The zero-order chi connectivity index (χ0) is 9.84. The number of halogens is 3. The Morgan fingerprint density at radius 3 is 2.46 bits per heavy atom. The van der Waals surface area contributed by atoms with Crippen molar-refractivity contribution in [1.82, 2.24) is 0 Å². The zero-order valence-electron chi connectivity index (χ0n) is 6.55. The predicted molar refractivity (Wildman–Crippen MR) is 56.2 cm³/mol. The van der Waals surface area contributed by atoms with Crippen molar-refractivity contribution in [2.45, 2.75) is 6.10 Å². The van der Waals surface area contributed by atoms with Gasteiger partial charge >= 0.3 is 0 Å². The van der Waals surface area contributed by atoms with Crippen molar-refractivity contribution in [3.63, 3.8) is 0 Å². The molecule has 1 N–H and O–H groups in total. The number of aliphatic hydroxyl groups excluding tert-OH is 1. The summed E-state index contributed by atoms with van der Waals surface area (Å²) in [6.45, 7) is 0. The molecule has 0 amide bonds. The number of hydrogen-bond donors (Lipinski definition) is 1. The topological polar surface area (TPSA) is 20.2 Å². The van der Waals surface area contributed by atoms with Gasteiger partial charge in [0.05, 0.1) is 0 Å². The molecule has 0 aromatic heterocycles. The molecule has 0 aliphatic heterocycles. The summed E-state index contributed by atoms with van der Waals surface area (Å²) >= 11 is 16.6. The van der Waals surface area contributed by atoms with E-state index in [0.29, 0.717) is 10.6 Å². The number of benzene rings is 1. The van der Waals surface area contributed by atoms with E-state index < -0.39 is 6.10 Å². The Hall–Kier alpha value is -0.210. The van der Waals surface area contributed by atoms with Gasteiger partial charge in [-0.2, -0.15) is 0 Å². The summed E-state index contributed by atoms with van der Waals surface area (Å²) in [5.74, 6) is 0. The fourth-order valence-electron chi connectivity index (χ4n) is 0.924. The molecule has 1 rings (SSSR count). The summed E-state index contributed by atoms with van der Waals surface area (Å²) in [7, 11) is 0. The fraction of sp³-hybridized carbons (Fsp3) is 0.111. The summed E-state index contributed by atoms with van der Waals surface area (Å²) in [4.78, 5) is 0. The van der Waals surface area contributed by atoms with E-state index in [9.17, 15) is 5.11 Å². The summed E-state index contributed by atoms with van der Waals surface area (Å²) < 4.78 is 0.0208. The van der Waals surface area contributed by atoms with Gasteiger partial charge in [-0.3, -0.25) is 0 Å². The van der Waals surface area contributed by atoms with Gasteiger partial charge in [0.1, 0.15) is 10.6 Å². The molecule has 70 valence electrons. The molecule has 1 aromatic rings. The Morgan fingerprint density at radius 1 is 1.31 bits per heavy atom. The van der Waals surface area contributed by atoms with Crippen LogP contribution in [0.2, 0.25) is 5.02 Å². The SMILES string of the molecule is OC(C=C(Cl)Cl)c1ccccc1Cl. The lowest BCUT2D eigenvalue weighted by Crippen LogP contribution is -1.93. The molecular weight excluding hydrogens is 230 g/mol. The number of rotatable bonds is 2. The van der Waals surface area contributed by atoms with Crippen molar-refractivity contribution >= 4 is 34.8 Å². The van der Waals surface area contributed by atoms with Gasteiger partial charge in [0.25, 0.3) is 0 Å². The van der Waals surface area contributed by atoms with Crippen molar-refractivity contribution < 1.29 is 5.11 Å². The van der Waals surface area contributed by atoms with Gasteiger partial charge in [-0.05, 0) is 12.1 Å². The van der Waals surface area contributed by atoms with E-state index in [-0.39, 0.29) is 4.49 Å². The Morgan fingerprint density at radius 2 is 1.92 bits per heavy atom. The van der Waals surface area contributed by atoms with E-state index in [2.05, 4.69) is 0 Å². The average molecular weight is 238 g/mol. The third-order valence-electron chi connectivity index (χ3n) is 1.51. The fourth-order valence-corrected chi connectivity index (χ4v) is 1.41. The van der Waals surface area contributed by atoms with E-state index >= 15 is 0 Å². The van der Waals surface area contributed by atoms with Crippen LogP contribution in [0.15, 0.2) is 34.8 Å². The quantitative estimate of drug-likeness (QED) is 0.832. The highest BCUT2D eigenvalue weighted by molar-refractivity contribution is 6.55. The minimum atomic E-state index is -0.862. The van der Waals surface area contributed by atoms with Gasteiger partial charge in [-0.15, -0.1) is 0 Å². The molecule has 0 aliphatic rings. The van der Waals surface area contributed by atoms with Crippen LogP contribution in [0.5, 0.6) is 0 Å². The van der Waals surface area contributed by atoms with E-state index in [1.807, 2.05) is 0 Å². The van der Waals surface area contributed by atoms with Gasteiger partial charge in [-0.25, -0.2) is 0 Å². The van der Waals surface area contributed by atoms with E-state index in [0.717, 1.165) is 0 Å². The molecule has 0 heterocycles. The Labute approximate surface area is 91.5 Å². The molecule has 1 atom stereocenters. The first kappa shape index (κ1) is 10.9. The lowest BCUT2D eigenvalue weighted by atomic mass is 10.1. The molecule has 1 nitrogen and oxygen atoms in total. The minimum absolute atomic E-state index is 0.0208. The van der Waals surface area contributed by atoms with Crippen LogP contribution in [0.25, 0.3) is 0 Å². The van der Waals surface area contributed by atoms with Crippen LogP contribution in [0.4, 0.5) is 0 Å². The molecule has 0 bridgehead atoms. The third-order valence-corrected chi connectivity index (χ3v) is 2.10. The van der Waals surface area contributed by atoms with Crippen LogP contribution in [0.3, 0.4) is 0 Å². The molecular formula is C9H7Cl3O. The van der Waals surface area contributed by atoms with Crippen molar-refractivity contribution in [2.24, 2.45) is 0 Å². The van der Waals surface area contributed by atoms with Gasteiger partial charge < -0.3 is 5.11 Å². The first-order valence-electron chi connectivity index (χ1n) is 3.56. The Bertz CT molecular complexity index is 318. The molecule has 1 unspecified atom stereocenters. The van der Waals surface area contributed by atoms with Crippen molar-refractivity contribution in [2.75, 3.05) is 0 Å². The second-order valence-electron chi connectivity index (χ2n) is 2.42. The van der Waals surface area contributed by atoms with Crippen LogP contribution in [-0.4, -0.2) is 5.11 Å². The van der Waals surface area contributed by atoms with Crippen molar-refractivity contribution in [1.29, 1.82) is 0 Å². The molecule has 0 aliphatic carbocycles. The maximum absolute atomic E-state index is 9.54. The van der Waals surface area contributed by atoms with Gasteiger partial charge in [0, 0.05) is 10.6 Å². The Balaban J connectivity index is 2.95. The maximum atomic E-state index is 9.54. The molecule has 1 aromatic carbocycles. The summed E-state index contributed by atoms with van der Waals surface area (Å²) in [6, 6.07) is 6.96. The molecule has 0 saturated heterocycles. The number of aliphatic hydroxyl groups is 1. The lowest BCUT2D eigenvalue weighted by Gasteiger charge is -2.07. The van der Waals surface area contributed by atoms with Crippen molar-refractivity contribution in [3.05, 3.63) is 45.4 Å². The molecule has 0 spiro atoms. The first-order chi connectivity index (χ1) is 6.11. The smallest absolute Gasteiger partial charge is 0.105 e. The van der Waals surface area contributed by atoms with Gasteiger partial charge in [0.2, 0.25) is 0 Å². The van der Waals surface area contributed by atoms with E-state index in [1.54, 1.807) is 24.3 Å². The maximum Gasteiger partial charge on any atom is 0.105 e. The predicted octanol–water partition coefficient (Wildman–Crippen LogP) is 3.69. The lowest BCUT2D eigenvalue weighted by molar-refractivity contribution is 0.229.